The van der Waals surface area contributed by atoms with Crippen molar-refractivity contribution in [1.82, 2.24) is 0 Å². The van der Waals surface area contributed by atoms with E-state index in [4.69, 9.17) is 0 Å². The van der Waals surface area contributed by atoms with E-state index in [1.165, 1.54) is 0 Å². The average Bonchev–Trinajstić information content (AvgIpc) is 2.73. The van der Waals surface area contributed by atoms with Crippen LogP contribution in [0.1, 0.15) is 31.8 Å². The third-order valence-corrected chi connectivity index (χ3v) is 7.83. The molecule has 0 amide bonds. The molecule has 4 aromatic carbocycles. The first-order valence-corrected chi connectivity index (χ1v) is 10.4. The van der Waals surface area contributed by atoms with E-state index in [9.17, 15) is 9.59 Å². The summed E-state index contributed by atoms with van der Waals surface area (Å²) in [7, 11) is 0. The maximum atomic E-state index is 13.5. The minimum Gasteiger partial charge on any atom is -0.289 e. The van der Waals surface area contributed by atoms with Gasteiger partial charge in [-0.1, -0.05) is 60.7 Å². The molecule has 0 atom stereocenters. The number of carbonyl (C=O) groups is 2. The molecular formula is C24H10Br2O2. The van der Waals surface area contributed by atoms with Gasteiger partial charge in [0.25, 0.3) is 0 Å². The van der Waals surface area contributed by atoms with Crippen LogP contribution in [0.5, 0.6) is 0 Å². The van der Waals surface area contributed by atoms with Gasteiger partial charge in [0.2, 0.25) is 5.78 Å². The van der Waals surface area contributed by atoms with E-state index < -0.39 is 0 Å². The van der Waals surface area contributed by atoms with Gasteiger partial charge < -0.3 is 0 Å². The monoisotopic (exact) mass is 488 g/mol. The van der Waals surface area contributed by atoms with Crippen molar-refractivity contribution >= 4 is 69.5 Å². The Hall–Kier alpha value is -2.56. The molecule has 0 saturated carbocycles. The number of allylic oxidation sites excluding steroid dienone is 1. The fourth-order valence-corrected chi connectivity index (χ4v) is 5.49. The number of benzene rings is 4. The third-order valence-electron chi connectivity index (χ3n) is 5.72. The topological polar surface area (TPSA) is 34.1 Å². The van der Waals surface area contributed by atoms with E-state index in [2.05, 4.69) is 37.9 Å². The number of ketones is 2. The summed E-state index contributed by atoms with van der Waals surface area (Å²) >= 11 is 7.05. The van der Waals surface area contributed by atoms with Crippen molar-refractivity contribution < 1.29 is 9.59 Å². The lowest BCUT2D eigenvalue weighted by molar-refractivity contribution is 0.103. The summed E-state index contributed by atoms with van der Waals surface area (Å²) in [6.07, 6.45) is 0. The van der Waals surface area contributed by atoms with Crippen molar-refractivity contribution in [2.24, 2.45) is 0 Å². The highest BCUT2D eigenvalue weighted by molar-refractivity contribution is 9.16. The van der Waals surface area contributed by atoms with Crippen molar-refractivity contribution in [3.8, 4) is 11.1 Å². The van der Waals surface area contributed by atoms with Crippen LogP contribution in [0.15, 0.2) is 65.1 Å². The zero-order valence-corrected chi connectivity index (χ0v) is 17.5. The molecule has 0 spiro atoms. The maximum Gasteiger partial charge on any atom is 0.202 e. The highest BCUT2D eigenvalue weighted by Gasteiger charge is 2.34. The molecule has 0 fully saturated rings. The van der Waals surface area contributed by atoms with Gasteiger partial charge in [-0.05, 0) is 59.3 Å². The van der Waals surface area contributed by atoms with E-state index in [0.717, 1.165) is 42.7 Å². The van der Waals surface area contributed by atoms with Crippen LogP contribution in [0.3, 0.4) is 0 Å². The summed E-state index contributed by atoms with van der Waals surface area (Å²) in [5, 5.41) is 3.38. The summed E-state index contributed by atoms with van der Waals surface area (Å²) in [4.78, 5) is 26.8. The Morgan fingerprint density at radius 2 is 1.04 bits per heavy atom. The van der Waals surface area contributed by atoms with Gasteiger partial charge in [0.15, 0.2) is 5.78 Å². The first-order chi connectivity index (χ1) is 13.6. The van der Waals surface area contributed by atoms with Crippen molar-refractivity contribution in [3.63, 3.8) is 0 Å². The summed E-state index contributed by atoms with van der Waals surface area (Å²) in [5.74, 6) is -0.0502. The van der Waals surface area contributed by atoms with E-state index >= 15 is 0 Å². The van der Waals surface area contributed by atoms with Crippen LogP contribution in [0.25, 0.3) is 37.2 Å². The molecule has 0 aromatic heterocycles. The smallest absolute Gasteiger partial charge is 0.202 e. The molecule has 0 aliphatic heterocycles. The third kappa shape index (κ3) is 1.82. The molecule has 0 N–H and O–H groups in total. The van der Waals surface area contributed by atoms with Gasteiger partial charge >= 0.3 is 0 Å². The maximum absolute atomic E-state index is 13.5. The first-order valence-electron chi connectivity index (χ1n) is 8.85. The van der Waals surface area contributed by atoms with Gasteiger partial charge in [-0.15, -0.1) is 0 Å². The highest BCUT2D eigenvalue weighted by atomic mass is 79.9. The Bertz CT molecular complexity index is 1460. The molecule has 4 aromatic rings. The number of hydrogen-bond acceptors (Lipinski definition) is 2. The second-order valence-electron chi connectivity index (χ2n) is 7.04. The van der Waals surface area contributed by atoms with E-state index in [0.29, 0.717) is 21.2 Å². The average molecular weight is 490 g/mol. The molecular weight excluding hydrogens is 480 g/mol. The van der Waals surface area contributed by atoms with Crippen LogP contribution in [0.2, 0.25) is 0 Å². The fraction of sp³-hybridized carbons (Fsp3) is 0. The number of carbonyl (C=O) groups excluding carboxylic acids is 2. The number of rotatable bonds is 0. The molecule has 2 nitrogen and oxygen atoms in total. The largest absolute Gasteiger partial charge is 0.289 e. The number of hydrogen-bond donors (Lipinski definition) is 0. The van der Waals surface area contributed by atoms with Crippen molar-refractivity contribution in [1.29, 1.82) is 0 Å². The Morgan fingerprint density at radius 1 is 0.500 bits per heavy atom. The SMILES string of the molecule is O=C1C(Br)=C(Br)c2ccc3c4c(c5ccccc5c1c24)C(=O)c1ccccc1-3. The number of fused-ring (bicyclic) bond motifs is 5. The highest BCUT2D eigenvalue weighted by Crippen LogP contribution is 2.50. The zero-order valence-electron chi connectivity index (χ0n) is 14.3. The molecule has 0 bridgehead atoms. The molecule has 0 radical (unpaired) electrons. The van der Waals surface area contributed by atoms with Crippen LogP contribution in [0, 0.1) is 0 Å². The Labute approximate surface area is 177 Å². The summed E-state index contributed by atoms with van der Waals surface area (Å²) in [5.41, 5.74) is 4.91. The van der Waals surface area contributed by atoms with Crippen molar-refractivity contribution in [2.75, 3.05) is 0 Å². The lowest BCUT2D eigenvalue weighted by atomic mass is 9.76. The lowest BCUT2D eigenvalue weighted by Crippen LogP contribution is -2.16. The zero-order chi connectivity index (χ0) is 19.2. The standard InChI is InChI=1S/C24H10Br2O2/c25-21-16-10-9-14-11-5-1-4-8-15(11)23(27)19-12-6-2-3-7-13(12)20(18(16)17(14)19)24(28)22(21)26/h1-10H. The van der Waals surface area contributed by atoms with Crippen LogP contribution in [-0.4, -0.2) is 11.6 Å². The van der Waals surface area contributed by atoms with Gasteiger partial charge in [-0.3, -0.25) is 9.59 Å². The summed E-state index contributed by atoms with van der Waals surface area (Å²) in [6, 6.07) is 19.5. The van der Waals surface area contributed by atoms with Gasteiger partial charge in [-0.25, -0.2) is 0 Å². The lowest BCUT2D eigenvalue weighted by Gasteiger charge is -2.27. The Morgan fingerprint density at radius 3 is 1.75 bits per heavy atom. The molecule has 6 rings (SSSR count). The Kier molecular flexibility index (Phi) is 3.22. The van der Waals surface area contributed by atoms with Crippen LogP contribution in [-0.2, 0) is 0 Å². The molecule has 0 unspecified atom stereocenters. The molecule has 4 heteroatoms. The van der Waals surface area contributed by atoms with Crippen LogP contribution < -0.4 is 0 Å². The normalized spacial score (nSPS) is 14.8. The van der Waals surface area contributed by atoms with Crippen LogP contribution in [0.4, 0.5) is 0 Å². The quantitative estimate of drug-likeness (QED) is 0.223. The van der Waals surface area contributed by atoms with E-state index in [1.807, 2.05) is 54.6 Å². The molecule has 2 aliphatic carbocycles. The fourth-order valence-electron chi connectivity index (χ4n) is 4.57. The van der Waals surface area contributed by atoms with Crippen LogP contribution >= 0.6 is 31.9 Å². The first kappa shape index (κ1) is 16.4. The molecule has 28 heavy (non-hydrogen) atoms. The van der Waals surface area contributed by atoms with Crippen molar-refractivity contribution in [3.05, 3.63) is 87.4 Å². The summed E-state index contributed by atoms with van der Waals surface area (Å²) in [6.45, 7) is 0. The summed E-state index contributed by atoms with van der Waals surface area (Å²) < 4.78 is 1.24. The predicted octanol–water partition coefficient (Wildman–Crippen LogP) is 6.86. The minimum absolute atomic E-state index is 0.0141. The Balaban J connectivity index is 1.99. The van der Waals surface area contributed by atoms with Gasteiger partial charge in [-0.2, -0.15) is 0 Å². The minimum atomic E-state index is -0.0643. The van der Waals surface area contributed by atoms with E-state index in [1.54, 1.807) is 0 Å². The van der Waals surface area contributed by atoms with Crippen molar-refractivity contribution in [2.45, 2.75) is 0 Å². The molecule has 0 heterocycles. The van der Waals surface area contributed by atoms with Gasteiger partial charge in [0.05, 0.1) is 4.48 Å². The molecule has 0 saturated heterocycles. The molecule has 132 valence electrons. The van der Waals surface area contributed by atoms with E-state index in [-0.39, 0.29) is 11.6 Å². The number of Topliss-reactive ketones (excluding diaryl/α,β-unsaturated/α-hetero) is 1. The second-order valence-corrected chi connectivity index (χ2v) is 8.62. The second kappa shape index (κ2) is 5.49. The van der Waals surface area contributed by atoms with Gasteiger partial charge in [0, 0.05) is 31.9 Å². The number of halogens is 2. The predicted molar refractivity (Wildman–Crippen MR) is 119 cm³/mol. The molecule has 2 aliphatic rings. The van der Waals surface area contributed by atoms with Gasteiger partial charge in [0.1, 0.15) is 0 Å².